The van der Waals surface area contributed by atoms with Crippen molar-refractivity contribution in [3.8, 4) is 11.5 Å². The fourth-order valence-corrected chi connectivity index (χ4v) is 2.71. The van der Waals surface area contributed by atoms with E-state index in [1.807, 2.05) is 0 Å². The van der Waals surface area contributed by atoms with Crippen molar-refractivity contribution in [2.75, 3.05) is 18.9 Å². The van der Waals surface area contributed by atoms with Gasteiger partial charge in [0, 0.05) is 17.5 Å². The molecule has 7 heteroatoms. The van der Waals surface area contributed by atoms with E-state index in [9.17, 15) is 0 Å². The van der Waals surface area contributed by atoms with Crippen molar-refractivity contribution in [2.24, 2.45) is 0 Å². The van der Waals surface area contributed by atoms with Crippen molar-refractivity contribution < 1.29 is 9.26 Å². The number of nitrogens with two attached hydrogens (primary N) is 1. The molecule has 0 spiro atoms. The molecule has 1 saturated heterocycles. The molecule has 2 N–H and O–H groups in total. The summed E-state index contributed by atoms with van der Waals surface area (Å²) in [7, 11) is 0. The Labute approximate surface area is 126 Å². The number of hydrogen-bond donors (Lipinski definition) is 1. The van der Waals surface area contributed by atoms with E-state index in [2.05, 4.69) is 10.1 Å². The Kier molecular flexibility index (Phi) is 3.83. The van der Waals surface area contributed by atoms with Crippen molar-refractivity contribution >= 4 is 28.9 Å². The predicted octanol–water partition coefficient (Wildman–Crippen LogP) is 3.52. The van der Waals surface area contributed by atoms with Crippen molar-refractivity contribution in [3.63, 3.8) is 0 Å². The van der Waals surface area contributed by atoms with Crippen LogP contribution in [0.2, 0.25) is 10.0 Å². The summed E-state index contributed by atoms with van der Waals surface area (Å²) in [6.45, 7) is 1.41. The zero-order valence-corrected chi connectivity index (χ0v) is 12.1. The first-order valence-electron chi connectivity index (χ1n) is 6.31. The predicted molar refractivity (Wildman–Crippen MR) is 77.0 cm³/mol. The van der Waals surface area contributed by atoms with Crippen LogP contribution in [0.15, 0.2) is 16.7 Å². The fraction of sp³-hybridized carbons (Fsp3) is 0.385. The van der Waals surface area contributed by atoms with Crippen LogP contribution in [-0.4, -0.2) is 23.4 Å². The first-order valence-corrected chi connectivity index (χ1v) is 7.07. The molecule has 1 aromatic heterocycles. The quantitative estimate of drug-likeness (QED) is 0.859. The Bertz CT molecular complexity index is 624. The van der Waals surface area contributed by atoms with Crippen LogP contribution in [0.25, 0.3) is 11.5 Å². The van der Waals surface area contributed by atoms with Crippen LogP contribution >= 0.6 is 23.2 Å². The average molecular weight is 314 g/mol. The molecule has 106 valence electrons. The molecular weight excluding hydrogens is 301 g/mol. The lowest BCUT2D eigenvalue weighted by atomic mass is 10.0. The number of anilines is 1. The van der Waals surface area contributed by atoms with Gasteiger partial charge < -0.3 is 15.0 Å². The summed E-state index contributed by atoms with van der Waals surface area (Å²) >= 11 is 12.0. The zero-order chi connectivity index (χ0) is 14.1. The van der Waals surface area contributed by atoms with Gasteiger partial charge in [0.2, 0.25) is 0 Å². The van der Waals surface area contributed by atoms with E-state index in [-0.39, 0.29) is 5.92 Å². The van der Waals surface area contributed by atoms with Gasteiger partial charge in [-0.1, -0.05) is 28.4 Å². The van der Waals surface area contributed by atoms with Crippen LogP contribution in [-0.2, 0) is 4.74 Å². The smallest absolute Gasteiger partial charge is 0.260 e. The third kappa shape index (κ3) is 2.61. The van der Waals surface area contributed by atoms with Gasteiger partial charge in [-0.15, -0.1) is 0 Å². The normalized spacial score (nSPS) is 19.2. The lowest BCUT2D eigenvalue weighted by molar-refractivity contribution is 0.0773. The van der Waals surface area contributed by atoms with Gasteiger partial charge in [0.25, 0.3) is 5.89 Å². The second kappa shape index (κ2) is 5.60. The maximum absolute atomic E-state index is 6.01. The number of ether oxygens (including phenoxy) is 1. The Balaban J connectivity index is 1.93. The van der Waals surface area contributed by atoms with Crippen LogP contribution in [0.5, 0.6) is 0 Å². The maximum atomic E-state index is 6.01. The van der Waals surface area contributed by atoms with Gasteiger partial charge in [-0.05, 0) is 25.0 Å². The van der Waals surface area contributed by atoms with Gasteiger partial charge in [-0.2, -0.15) is 4.98 Å². The number of halogens is 2. The first-order chi connectivity index (χ1) is 9.65. The molecule has 0 bridgehead atoms. The van der Waals surface area contributed by atoms with E-state index in [1.165, 1.54) is 0 Å². The van der Waals surface area contributed by atoms with Crippen molar-refractivity contribution in [2.45, 2.75) is 18.8 Å². The van der Waals surface area contributed by atoms with Gasteiger partial charge in [0.1, 0.15) is 0 Å². The van der Waals surface area contributed by atoms with Crippen LogP contribution in [0.1, 0.15) is 24.6 Å². The summed E-state index contributed by atoms with van der Waals surface area (Å²) in [5.41, 5.74) is 6.86. The molecule has 1 aliphatic heterocycles. The van der Waals surface area contributed by atoms with Gasteiger partial charge in [0.05, 0.1) is 22.9 Å². The molecule has 3 rings (SSSR count). The van der Waals surface area contributed by atoms with E-state index >= 15 is 0 Å². The highest BCUT2D eigenvalue weighted by atomic mass is 35.5. The largest absolute Gasteiger partial charge is 0.397 e. The zero-order valence-electron chi connectivity index (χ0n) is 10.6. The van der Waals surface area contributed by atoms with Crippen molar-refractivity contribution in [1.82, 2.24) is 10.1 Å². The second-order valence-corrected chi connectivity index (χ2v) is 5.56. The molecule has 0 aliphatic carbocycles. The highest BCUT2D eigenvalue weighted by molar-refractivity contribution is 6.37. The van der Waals surface area contributed by atoms with Crippen LogP contribution < -0.4 is 5.73 Å². The molecule has 0 radical (unpaired) electrons. The highest BCUT2D eigenvalue weighted by Crippen LogP contribution is 2.35. The van der Waals surface area contributed by atoms with Crippen LogP contribution in [0, 0.1) is 0 Å². The summed E-state index contributed by atoms with van der Waals surface area (Å²) in [5.74, 6) is 1.12. The van der Waals surface area contributed by atoms with E-state index in [1.54, 1.807) is 12.1 Å². The third-order valence-electron chi connectivity index (χ3n) is 3.29. The molecule has 0 saturated carbocycles. The summed E-state index contributed by atoms with van der Waals surface area (Å²) < 4.78 is 10.7. The summed E-state index contributed by atoms with van der Waals surface area (Å²) in [5, 5.41) is 4.85. The molecule has 2 heterocycles. The molecule has 1 unspecified atom stereocenters. The number of nitrogen functional groups attached to an aromatic ring is 1. The Hall–Kier alpha value is -1.30. The van der Waals surface area contributed by atoms with Crippen molar-refractivity contribution in [3.05, 3.63) is 28.0 Å². The minimum Gasteiger partial charge on any atom is -0.397 e. The molecule has 2 aromatic rings. The molecular formula is C13H13Cl2N3O2. The third-order valence-corrected chi connectivity index (χ3v) is 3.82. The Morgan fingerprint density at radius 1 is 1.30 bits per heavy atom. The van der Waals surface area contributed by atoms with Gasteiger partial charge in [-0.3, -0.25) is 0 Å². The van der Waals surface area contributed by atoms with Crippen molar-refractivity contribution in [1.29, 1.82) is 0 Å². The van der Waals surface area contributed by atoms with Gasteiger partial charge in [0.15, 0.2) is 5.82 Å². The van der Waals surface area contributed by atoms with Gasteiger partial charge >= 0.3 is 0 Å². The molecule has 1 aromatic carbocycles. The number of hydrogen-bond acceptors (Lipinski definition) is 5. The summed E-state index contributed by atoms with van der Waals surface area (Å²) in [6, 6.07) is 3.24. The standard InChI is InChI=1S/C13H13Cl2N3O2/c14-8-4-9(11(16)10(15)5-8)13-17-12(18-20-13)7-2-1-3-19-6-7/h4-5,7H,1-3,6,16H2. The molecule has 0 amide bonds. The molecule has 1 fully saturated rings. The Morgan fingerprint density at radius 3 is 2.90 bits per heavy atom. The van der Waals surface area contributed by atoms with Crippen LogP contribution in [0.4, 0.5) is 5.69 Å². The summed E-state index contributed by atoms with van der Waals surface area (Å²) in [6.07, 6.45) is 1.99. The number of nitrogens with zero attached hydrogens (tertiary/aromatic N) is 2. The SMILES string of the molecule is Nc1c(Cl)cc(Cl)cc1-c1nc(C2CCCOC2)no1. The molecule has 1 aliphatic rings. The van der Waals surface area contributed by atoms with E-state index < -0.39 is 0 Å². The van der Waals surface area contributed by atoms with E-state index in [4.69, 9.17) is 38.2 Å². The van der Waals surface area contributed by atoms with Crippen LogP contribution in [0.3, 0.4) is 0 Å². The number of rotatable bonds is 2. The monoisotopic (exact) mass is 313 g/mol. The highest BCUT2D eigenvalue weighted by Gasteiger charge is 2.23. The number of benzene rings is 1. The molecule has 20 heavy (non-hydrogen) atoms. The Morgan fingerprint density at radius 2 is 2.15 bits per heavy atom. The lowest BCUT2D eigenvalue weighted by Gasteiger charge is -2.18. The second-order valence-electron chi connectivity index (χ2n) is 4.72. The summed E-state index contributed by atoms with van der Waals surface area (Å²) in [4.78, 5) is 4.39. The lowest BCUT2D eigenvalue weighted by Crippen LogP contribution is -2.16. The number of aromatic nitrogens is 2. The average Bonchev–Trinajstić information content (AvgIpc) is 2.93. The van der Waals surface area contributed by atoms with Gasteiger partial charge in [-0.25, -0.2) is 0 Å². The first kappa shape index (κ1) is 13.7. The fourth-order valence-electron chi connectivity index (χ4n) is 2.22. The van der Waals surface area contributed by atoms with E-state index in [0.29, 0.717) is 39.6 Å². The maximum Gasteiger partial charge on any atom is 0.260 e. The minimum absolute atomic E-state index is 0.164. The molecule has 5 nitrogen and oxygen atoms in total. The molecule has 1 atom stereocenters. The van der Waals surface area contributed by atoms with E-state index in [0.717, 1.165) is 19.4 Å². The minimum atomic E-state index is 0.164. The topological polar surface area (TPSA) is 74.2 Å².